The lowest BCUT2D eigenvalue weighted by Gasteiger charge is -2.21. The Balaban J connectivity index is 0.00000320. The first-order valence-electron chi connectivity index (χ1n) is 9.59. The zero-order valence-electron chi connectivity index (χ0n) is 17.0. The highest BCUT2D eigenvalue weighted by Crippen LogP contribution is 2.17. The number of imidazole rings is 1. The van der Waals surface area contributed by atoms with Crippen molar-refractivity contribution in [2.24, 2.45) is 4.99 Å². The standard InChI is InChI=1S/C22H26FN5O.HI/c1-3-24-22(26-14-20(29)17-9-11-18(23)12-10-17)28(2)15-21-25-13-19(27-21)16-7-5-4-6-8-16;/h4-13,20,29H,3,14-15H2,1-2H3,(H,24,26)(H,25,27);1H. The van der Waals surface area contributed by atoms with Crippen LogP contribution >= 0.6 is 24.0 Å². The zero-order valence-corrected chi connectivity index (χ0v) is 19.4. The van der Waals surface area contributed by atoms with Crippen LogP contribution in [0, 0.1) is 5.82 Å². The van der Waals surface area contributed by atoms with E-state index in [1.807, 2.05) is 55.4 Å². The van der Waals surface area contributed by atoms with E-state index in [1.165, 1.54) is 12.1 Å². The number of halogens is 2. The Labute approximate surface area is 193 Å². The molecule has 0 amide bonds. The molecule has 1 heterocycles. The Hall–Kier alpha value is -2.46. The monoisotopic (exact) mass is 523 g/mol. The van der Waals surface area contributed by atoms with Crippen molar-refractivity contribution in [3.05, 3.63) is 78.0 Å². The van der Waals surface area contributed by atoms with E-state index in [4.69, 9.17) is 0 Å². The van der Waals surface area contributed by atoms with Crippen LogP contribution in [0.3, 0.4) is 0 Å². The van der Waals surface area contributed by atoms with Crippen molar-refractivity contribution in [3.8, 4) is 11.3 Å². The molecule has 8 heteroatoms. The number of nitrogens with one attached hydrogen (secondary N) is 2. The van der Waals surface area contributed by atoms with Crippen molar-refractivity contribution in [2.45, 2.75) is 19.6 Å². The predicted octanol–water partition coefficient (Wildman–Crippen LogP) is 3.96. The zero-order chi connectivity index (χ0) is 20.6. The van der Waals surface area contributed by atoms with Crippen LogP contribution in [-0.2, 0) is 6.54 Å². The minimum absolute atomic E-state index is 0. The molecule has 6 nitrogen and oxygen atoms in total. The second-order valence-electron chi connectivity index (χ2n) is 6.73. The normalized spacial score (nSPS) is 12.2. The fourth-order valence-corrected chi connectivity index (χ4v) is 2.94. The summed E-state index contributed by atoms with van der Waals surface area (Å²) < 4.78 is 13.1. The van der Waals surface area contributed by atoms with Crippen LogP contribution in [0.25, 0.3) is 11.3 Å². The van der Waals surface area contributed by atoms with Crippen LogP contribution in [0.1, 0.15) is 24.4 Å². The van der Waals surface area contributed by atoms with E-state index in [-0.39, 0.29) is 36.3 Å². The van der Waals surface area contributed by atoms with Crippen LogP contribution in [-0.4, -0.2) is 46.1 Å². The number of aliphatic hydroxyl groups excluding tert-OH is 1. The molecule has 2 aromatic carbocycles. The summed E-state index contributed by atoms with van der Waals surface area (Å²) in [5.74, 6) is 1.15. The Kier molecular flexibility index (Phi) is 9.25. The van der Waals surface area contributed by atoms with E-state index in [0.717, 1.165) is 17.1 Å². The Morgan fingerprint density at radius 3 is 2.57 bits per heavy atom. The SMILES string of the molecule is CCNC(=NCC(O)c1ccc(F)cc1)N(C)Cc1ncc(-c2ccccc2)[nH]1.I. The van der Waals surface area contributed by atoms with Gasteiger partial charge in [0.05, 0.1) is 31.1 Å². The number of aromatic nitrogens is 2. The maximum absolute atomic E-state index is 13.1. The molecule has 0 spiro atoms. The number of aliphatic imine (C=N–C) groups is 1. The molecule has 1 aromatic heterocycles. The van der Waals surface area contributed by atoms with Gasteiger partial charge in [-0.25, -0.2) is 9.37 Å². The second kappa shape index (κ2) is 11.7. The first kappa shape index (κ1) is 23.8. The van der Waals surface area contributed by atoms with Gasteiger partial charge >= 0.3 is 0 Å². The average molecular weight is 523 g/mol. The second-order valence-corrected chi connectivity index (χ2v) is 6.73. The van der Waals surface area contributed by atoms with Crippen molar-refractivity contribution < 1.29 is 9.50 Å². The Morgan fingerprint density at radius 2 is 1.90 bits per heavy atom. The van der Waals surface area contributed by atoms with Gasteiger partial charge in [0.1, 0.15) is 11.6 Å². The van der Waals surface area contributed by atoms with Gasteiger partial charge in [-0.1, -0.05) is 42.5 Å². The molecule has 1 unspecified atom stereocenters. The van der Waals surface area contributed by atoms with Crippen LogP contribution in [0.5, 0.6) is 0 Å². The number of hydrogen-bond acceptors (Lipinski definition) is 3. The van der Waals surface area contributed by atoms with E-state index >= 15 is 0 Å². The molecule has 0 aliphatic carbocycles. The highest BCUT2D eigenvalue weighted by atomic mass is 127. The third-order valence-electron chi connectivity index (χ3n) is 4.47. The predicted molar refractivity (Wildman–Crippen MR) is 128 cm³/mol. The minimum Gasteiger partial charge on any atom is -0.386 e. The number of aliphatic hydroxyl groups is 1. The van der Waals surface area contributed by atoms with Crippen molar-refractivity contribution >= 4 is 29.9 Å². The molecule has 30 heavy (non-hydrogen) atoms. The van der Waals surface area contributed by atoms with Crippen LogP contribution in [0.15, 0.2) is 65.8 Å². The van der Waals surface area contributed by atoms with Crippen LogP contribution in [0.4, 0.5) is 4.39 Å². The maximum atomic E-state index is 13.1. The minimum atomic E-state index is -0.800. The molecule has 0 saturated heterocycles. The fourth-order valence-electron chi connectivity index (χ4n) is 2.94. The lowest BCUT2D eigenvalue weighted by Crippen LogP contribution is -2.39. The van der Waals surface area contributed by atoms with Crippen molar-refractivity contribution in [1.29, 1.82) is 0 Å². The van der Waals surface area contributed by atoms with Crippen molar-refractivity contribution in [3.63, 3.8) is 0 Å². The van der Waals surface area contributed by atoms with Crippen LogP contribution in [0.2, 0.25) is 0 Å². The first-order valence-corrected chi connectivity index (χ1v) is 9.59. The molecule has 0 aliphatic heterocycles. The van der Waals surface area contributed by atoms with Crippen molar-refractivity contribution in [1.82, 2.24) is 20.2 Å². The summed E-state index contributed by atoms with van der Waals surface area (Å²) in [5.41, 5.74) is 2.67. The molecule has 0 saturated carbocycles. The number of rotatable bonds is 7. The van der Waals surface area contributed by atoms with E-state index in [1.54, 1.807) is 12.1 Å². The quantitative estimate of drug-likeness (QED) is 0.249. The summed E-state index contributed by atoms with van der Waals surface area (Å²) in [6.07, 6.45) is 1.02. The third-order valence-corrected chi connectivity index (χ3v) is 4.47. The summed E-state index contributed by atoms with van der Waals surface area (Å²) in [6.45, 7) is 3.39. The third kappa shape index (κ3) is 6.53. The molecular weight excluding hydrogens is 496 g/mol. The number of aromatic amines is 1. The van der Waals surface area contributed by atoms with Gasteiger partial charge in [-0.3, -0.25) is 4.99 Å². The largest absolute Gasteiger partial charge is 0.386 e. The number of benzene rings is 2. The number of guanidine groups is 1. The summed E-state index contributed by atoms with van der Waals surface area (Å²) in [6, 6.07) is 15.8. The molecular formula is C22H27FIN5O. The molecule has 160 valence electrons. The Bertz CT molecular complexity index is 930. The highest BCUT2D eigenvalue weighted by Gasteiger charge is 2.12. The van der Waals surface area contributed by atoms with Gasteiger partial charge in [-0.2, -0.15) is 0 Å². The maximum Gasteiger partial charge on any atom is 0.194 e. The van der Waals surface area contributed by atoms with Gasteiger partial charge in [0.15, 0.2) is 5.96 Å². The molecule has 1 atom stereocenters. The number of nitrogens with zero attached hydrogens (tertiary/aromatic N) is 3. The lowest BCUT2D eigenvalue weighted by atomic mass is 10.1. The molecule has 3 N–H and O–H groups in total. The lowest BCUT2D eigenvalue weighted by molar-refractivity contribution is 0.186. The number of H-pyrrole nitrogens is 1. The summed E-state index contributed by atoms with van der Waals surface area (Å²) in [7, 11) is 1.91. The average Bonchev–Trinajstić information content (AvgIpc) is 3.20. The van der Waals surface area contributed by atoms with Gasteiger partial charge in [-0.05, 0) is 30.2 Å². The highest BCUT2D eigenvalue weighted by molar-refractivity contribution is 14.0. The van der Waals surface area contributed by atoms with Gasteiger partial charge < -0.3 is 20.3 Å². The fraction of sp³-hybridized carbons (Fsp3) is 0.273. The number of hydrogen-bond donors (Lipinski definition) is 3. The molecule has 0 fully saturated rings. The topological polar surface area (TPSA) is 76.5 Å². The van der Waals surface area contributed by atoms with Crippen molar-refractivity contribution in [2.75, 3.05) is 20.1 Å². The molecule has 3 aromatic rings. The summed E-state index contributed by atoms with van der Waals surface area (Å²) in [4.78, 5) is 14.3. The molecule has 0 bridgehead atoms. The molecule has 0 aliphatic rings. The van der Waals surface area contributed by atoms with Crippen LogP contribution < -0.4 is 5.32 Å². The van der Waals surface area contributed by atoms with Gasteiger partial charge in [-0.15, -0.1) is 24.0 Å². The summed E-state index contributed by atoms with van der Waals surface area (Å²) in [5, 5.41) is 13.6. The van der Waals surface area contributed by atoms with E-state index in [2.05, 4.69) is 20.3 Å². The Morgan fingerprint density at radius 1 is 1.20 bits per heavy atom. The summed E-state index contributed by atoms with van der Waals surface area (Å²) >= 11 is 0. The van der Waals surface area contributed by atoms with E-state index in [0.29, 0.717) is 24.6 Å². The van der Waals surface area contributed by atoms with Gasteiger partial charge in [0, 0.05) is 13.6 Å². The molecule has 3 rings (SSSR count). The van der Waals surface area contributed by atoms with Gasteiger partial charge in [0.25, 0.3) is 0 Å². The smallest absolute Gasteiger partial charge is 0.194 e. The molecule has 0 radical (unpaired) electrons. The van der Waals surface area contributed by atoms with E-state index in [9.17, 15) is 9.50 Å². The first-order chi connectivity index (χ1) is 14.1. The van der Waals surface area contributed by atoms with E-state index < -0.39 is 6.10 Å². The van der Waals surface area contributed by atoms with Gasteiger partial charge in [0.2, 0.25) is 0 Å².